The average molecular weight is 361 g/mol. The molecule has 120 valence electrons. The largest absolute Gasteiger partial charge is 0.394 e. The van der Waals surface area contributed by atoms with Gasteiger partial charge in [0.2, 0.25) is 0 Å². The molecule has 2 rings (SSSR count). The van der Waals surface area contributed by atoms with Gasteiger partial charge >= 0.3 is 0 Å². The number of hydrogen-bond donors (Lipinski definition) is 2. The first-order valence-corrected chi connectivity index (χ1v) is 7.34. The summed E-state index contributed by atoms with van der Waals surface area (Å²) in [5, 5.41) is 12.0. The molecule has 9 heteroatoms. The second-order valence-corrected chi connectivity index (χ2v) is 7.60. The molecular weight excluding hydrogens is 344 g/mol. The van der Waals surface area contributed by atoms with Gasteiger partial charge in [0.25, 0.3) is 9.70 Å². The maximum absolute atomic E-state index is 12.0. The SMILES string of the molecule is C=C[C@]1(NC(=O)C(Cl)(Cl)Cl)[C@@H](CO)O[C@@H]2OC(C)(C)O[C@@H]21. The van der Waals surface area contributed by atoms with Crippen molar-refractivity contribution in [1.29, 1.82) is 0 Å². The van der Waals surface area contributed by atoms with Crippen molar-refractivity contribution in [2.45, 2.75) is 47.5 Å². The summed E-state index contributed by atoms with van der Waals surface area (Å²) >= 11 is 16.7. The number of amides is 1. The van der Waals surface area contributed by atoms with Gasteiger partial charge in [0.05, 0.1) is 6.61 Å². The number of aliphatic hydroxyl groups is 1. The summed E-state index contributed by atoms with van der Waals surface area (Å²) in [6, 6.07) is 0. The van der Waals surface area contributed by atoms with Gasteiger partial charge in [0, 0.05) is 0 Å². The maximum atomic E-state index is 12.0. The second-order valence-electron chi connectivity index (χ2n) is 5.32. The van der Waals surface area contributed by atoms with Crippen molar-refractivity contribution >= 4 is 40.7 Å². The highest BCUT2D eigenvalue weighted by atomic mass is 35.6. The van der Waals surface area contributed by atoms with E-state index in [9.17, 15) is 9.90 Å². The lowest BCUT2D eigenvalue weighted by Crippen LogP contribution is -2.62. The van der Waals surface area contributed by atoms with Gasteiger partial charge in [0.15, 0.2) is 12.1 Å². The lowest BCUT2D eigenvalue weighted by Gasteiger charge is -2.36. The van der Waals surface area contributed by atoms with Crippen molar-refractivity contribution in [3.8, 4) is 0 Å². The Morgan fingerprint density at radius 3 is 2.52 bits per heavy atom. The van der Waals surface area contributed by atoms with Gasteiger partial charge in [0.1, 0.15) is 17.7 Å². The summed E-state index contributed by atoms with van der Waals surface area (Å²) < 4.78 is 14.7. The number of rotatable bonds is 3. The molecule has 4 atom stereocenters. The van der Waals surface area contributed by atoms with Gasteiger partial charge in [-0.1, -0.05) is 40.9 Å². The smallest absolute Gasteiger partial charge is 0.273 e. The van der Waals surface area contributed by atoms with Crippen molar-refractivity contribution < 1.29 is 24.1 Å². The van der Waals surface area contributed by atoms with Crippen LogP contribution in [0.4, 0.5) is 0 Å². The molecule has 2 aliphatic heterocycles. The predicted molar refractivity (Wildman–Crippen MR) is 77.1 cm³/mol. The highest BCUT2D eigenvalue weighted by Crippen LogP contribution is 2.44. The van der Waals surface area contributed by atoms with Crippen LogP contribution in [0.15, 0.2) is 12.7 Å². The van der Waals surface area contributed by atoms with Gasteiger partial charge in [-0.3, -0.25) is 4.79 Å². The van der Waals surface area contributed by atoms with E-state index in [2.05, 4.69) is 11.9 Å². The molecule has 0 radical (unpaired) electrons. The number of alkyl halides is 3. The molecule has 0 unspecified atom stereocenters. The number of halogens is 3. The fourth-order valence-electron chi connectivity index (χ4n) is 2.52. The Morgan fingerprint density at radius 2 is 2.05 bits per heavy atom. The van der Waals surface area contributed by atoms with Crippen LogP contribution in [0.2, 0.25) is 0 Å². The molecule has 2 aliphatic rings. The third kappa shape index (κ3) is 3.03. The van der Waals surface area contributed by atoms with E-state index in [0.717, 1.165) is 0 Å². The highest BCUT2D eigenvalue weighted by Gasteiger charge is 2.63. The summed E-state index contributed by atoms with van der Waals surface area (Å²) in [6.07, 6.45) is -0.931. The van der Waals surface area contributed by atoms with Crippen molar-refractivity contribution in [3.63, 3.8) is 0 Å². The molecule has 2 heterocycles. The quantitative estimate of drug-likeness (QED) is 0.585. The summed E-state index contributed by atoms with van der Waals surface area (Å²) in [7, 11) is 0. The number of aliphatic hydroxyl groups excluding tert-OH is 1. The lowest BCUT2D eigenvalue weighted by atomic mass is 9.88. The Morgan fingerprint density at radius 1 is 1.43 bits per heavy atom. The van der Waals surface area contributed by atoms with Crippen LogP contribution in [0, 0.1) is 0 Å². The molecule has 0 aliphatic carbocycles. The van der Waals surface area contributed by atoms with E-state index in [0.29, 0.717) is 0 Å². The molecule has 0 aromatic carbocycles. The average Bonchev–Trinajstić information content (AvgIpc) is 2.79. The molecular formula is C12H16Cl3NO5. The van der Waals surface area contributed by atoms with Crippen LogP contribution in [0.5, 0.6) is 0 Å². The van der Waals surface area contributed by atoms with E-state index in [1.807, 2.05) is 0 Å². The Kier molecular flexibility index (Phi) is 4.55. The second kappa shape index (κ2) is 5.53. The van der Waals surface area contributed by atoms with Crippen LogP contribution >= 0.6 is 34.8 Å². The molecule has 0 spiro atoms. The fourth-order valence-corrected chi connectivity index (χ4v) is 2.66. The molecule has 0 saturated carbocycles. The first-order chi connectivity index (χ1) is 9.55. The summed E-state index contributed by atoms with van der Waals surface area (Å²) in [6.45, 7) is 6.69. The van der Waals surface area contributed by atoms with Crippen molar-refractivity contribution in [2.24, 2.45) is 0 Å². The van der Waals surface area contributed by atoms with Crippen molar-refractivity contribution in [1.82, 2.24) is 5.32 Å². The van der Waals surface area contributed by atoms with Gasteiger partial charge < -0.3 is 24.6 Å². The minimum atomic E-state index is -2.16. The first kappa shape index (κ1) is 17.3. The Labute approximate surface area is 137 Å². The molecule has 0 aromatic rings. The van der Waals surface area contributed by atoms with Crippen LogP contribution in [-0.2, 0) is 19.0 Å². The van der Waals surface area contributed by atoms with Crippen LogP contribution in [0.3, 0.4) is 0 Å². The molecule has 2 saturated heterocycles. The van der Waals surface area contributed by atoms with Gasteiger partial charge in [-0.2, -0.15) is 0 Å². The Hall–Kier alpha value is -0.0800. The minimum absolute atomic E-state index is 0.397. The van der Waals surface area contributed by atoms with Gasteiger partial charge in [-0.15, -0.1) is 6.58 Å². The van der Waals surface area contributed by atoms with E-state index >= 15 is 0 Å². The predicted octanol–water partition coefficient (Wildman–Crippen LogP) is 1.27. The fraction of sp³-hybridized carbons (Fsp3) is 0.750. The van der Waals surface area contributed by atoms with Gasteiger partial charge in [-0.05, 0) is 13.8 Å². The number of ether oxygens (including phenoxy) is 3. The van der Waals surface area contributed by atoms with E-state index in [1.165, 1.54) is 6.08 Å². The number of carbonyl (C=O) groups is 1. The van der Waals surface area contributed by atoms with Gasteiger partial charge in [-0.25, -0.2) is 0 Å². The molecule has 0 bridgehead atoms. The molecule has 2 fully saturated rings. The zero-order chi connectivity index (χ0) is 16.1. The van der Waals surface area contributed by atoms with E-state index in [1.54, 1.807) is 13.8 Å². The molecule has 6 nitrogen and oxygen atoms in total. The normalized spacial score (nSPS) is 38.1. The molecule has 21 heavy (non-hydrogen) atoms. The van der Waals surface area contributed by atoms with Crippen molar-refractivity contribution in [3.05, 3.63) is 12.7 Å². The Balaban J connectivity index is 2.33. The standard InChI is InChI=1S/C12H16Cl3NO5/c1-4-11(16-9(18)12(13,14)15)6(5-17)19-8-7(11)20-10(2,3)21-8/h4,6-8,17H,1,5H2,2-3H3,(H,16,18)/t6-,7+,8-,11+/m1/s1. The monoisotopic (exact) mass is 359 g/mol. The minimum Gasteiger partial charge on any atom is -0.394 e. The Bertz CT molecular complexity index is 453. The highest BCUT2D eigenvalue weighted by molar-refractivity contribution is 6.76. The maximum Gasteiger partial charge on any atom is 0.273 e. The zero-order valence-corrected chi connectivity index (χ0v) is 13.7. The number of fused-ring (bicyclic) bond motifs is 1. The lowest BCUT2D eigenvalue weighted by molar-refractivity contribution is -0.214. The first-order valence-electron chi connectivity index (χ1n) is 6.20. The number of nitrogens with one attached hydrogen (secondary N) is 1. The zero-order valence-electron chi connectivity index (χ0n) is 11.4. The molecule has 1 amide bonds. The summed E-state index contributed by atoms with van der Waals surface area (Å²) in [5.41, 5.74) is -1.27. The molecule has 2 N–H and O–H groups in total. The van der Waals surface area contributed by atoms with Crippen LogP contribution in [-0.4, -0.2) is 51.2 Å². The molecule has 0 aromatic heterocycles. The number of carbonyl (C=O) groups excluding carboxylic acids is 1. The van der Waals surface area contributed by atoms with E-state index in [4.69, 9.17) is 49.0 Å². The van der Waals surface area contributed by atoms with Crippen molar-refractivity contribution in [2.75, 3.05) is 6.61 Å². The van der Waals surface area contributed by atoms with E-state index < -0.39 is 46.1 Å². The van der Waals surface area contributed by atoms with Crippen LogP contribution in [0.25, 0.3) is 0 Å². The third-order valence-electron chi connectivity index (χ3n) is 3.45. The number of hydrogen-bond acceptors (Lipinski definition) is 5. The summed E-state index contributed by atoms with van der Waals surface area (Å²) in [4.78, 5) is 12.0. The topological polar surface area (TPSA) is 77.0 Å². The summed E-state index contributed by atoms with van der Waals surface area (Å²) in [5.74, 6) is -1.78. The van der Waals surface area contributed by atoms with Crippen LogP contribution in [0.1, 0.15) is 13.8 Å². The third-order valence-corrected chi connectivity index (χ3v) is 3.97. The van der Waals surface area contributed by atoms with E-state index in [-0.39, 0.29) is 0 Å². The van der Waals surface area contributed by atoms with Crippen LogP contribution < -0.4 is 5.32 Å².